The lowest BCUT2D eigenvalue weighted by atomic mass is 10.6. The second-order valence-electron chi connectivity index (χ2n) is 2.07. The van der Waals surface area contributed by atoms with Crippen LogP contribution in [0, 0.1) is 0 Å². The average Bonchev–Trinajstić information content (AvgIpc) is 2.42. The van der Waals surface area contributed by atoms with Gasteiger partial charge in [0.2, 0.25) is 0 Å². The molecule has 7 heavy (non-hydrogen) atoms. The first-order valence-electron chi connectivity index (χ1n) is 3.05. The van der Waals surface area contributed by atoms with Crippen LogP contribution in [0.15, 0.2) is 0 Å². The molecule has 1 aliphatic rings. The van der Waals surface area contributed by atoms with Gasteiger partial charge in [-0.1, -0.05) is 6.92 Å². The van der Waals surface area contributed by atoms with Gasteiger partial charge in [0.25, 0.3) is 0 Å². The molecule has 42 valence electrons. The largest absolute Gasteiger partial charge is 0.159 e. The van der Waals surface area contributed by atoms with E-state index in [4.69, 9.17) is 0 Å². The van der Waals surface area contributed by atoms with Crippen molar-refractivity contribution in [1.82, 2.24) is 0 Å². The fourth-order valence-corrected chi connectivity index (χ4v) is 1.56. The van der Waals surface area contributed by atoms with Crippen LogP contribution in [0.5, 0.6) is 0 Å². The summed E-state index contributed by atoms with van der Waals surface area (Å²) in [4.78, 5) is 0. The highest BCUT2D eigenvalue weighted by molar-refractivity contribution is 8.00. The first kappa shape index (κ1) is 5.49. The van der Waals surface area contributed by atoms with Crippen molar-refractivity contribution in [2.24, 2.45) is 0 Å². The van der Waals surface area contributed by atoms with Gasteiger partial charge in [-0.25, -0.2) is 0 Å². The second-order valence-corrected chi connectivity index (χ2v) is 3.48. The Morgan fingerprint density at radius 2 is 2.29 bits per heavy atom. The Bertz CT molecular complexity index is 48.1. The molecule has 0 amide bonds. The van der Waals surface area contributed by atoms with Crippen LogP contribution in [0.4, 0.5) is 0 Å². The maximum atomic E-state index is 2.25. The maximum Gasteiger partial charge on any atom is 0.00478 e. The molecule has 0 aromatic rings. The van der Waals surface area contributed by atoms with Crippen molar-refractivity contribution in [2.45, 2.75) is 31.4 Å². The first-order valence-corrected chi connectivity index (χ1v) is 4.10. The van der Waals surface area contributed by atoms with Crippen molar-refractivity contribution < 1.29 is 0 Å². The number of rotatable bonds is 3. The Morgan fingerprint density at radius 3 is 2.71 bits per heavy atom. The summed E-state index contributed by atoms with van der Waals surface area (Å²) in [6, 6.07) is 0. The molecule has 0 unspecified atom stereocenters. The Morgan fingerprint density at radius 1 is 1.57 bits per heavy atom. The molecule has 1 heteroatoms. The minimum Gasteiger partial charge on any atom is -0.159 e. The first-order chi connectivity index (χ1) is 3.43. The van der Waals surface area contributed by atoms with Gasteiger partial charge in [-0.2, -0.15) is 11.8 Å². The number of hydrogen-bond donors (Lipinski definition) is 0. The van der Waals surface area contributed by atoms with Gasteiger partial charge in [0, 0.05) is 5.25 Å². The molecule has 0 aliphatic heterocycles. The SMILES string of the molecule is CCCSC1CC1. The summed E-state index contributed by atoms with van der Waals surface area (Å²) in [6.07, 6.45) is 4.33. The van der Waals surface area contributed by atoms with Crippen molar-refractivity contribution in [3.8, 4) is 0 Å². The number of thioether (sulfide) groups is 1. The van der Waals surface area contributed by atoms with Gasteiger partial charge >= 0.3 is 0 Å². The van der Waals surface area contributed by atoms with Crippen molar-refractivity contribution >= 4 is 11.8 Å². The Kier molecular flexibility index (Phi) is 2.04. The molecular formula is C6H12S. The van der Waals surface area contributed by atoms with E-state index in [9.17, 15) is 0 Å². The van der Waals surface area contributed by atoms with E-state index in [1.54, 1.807) is 0 Å². The zero-order chi connectivity index (χ0) is 5.11. The molecule has 0 aromatic carbocycles. The Balaban J connectivity index is 1.80. The van der Waals surface area contributed by atoms with Gasteiger partial charge in [-0.3, -0.25) is 0 Å². The fourth-order valence-electron chi connectivity index (χ4n) is 0.519. The van der Waals surface area contributed by atoms with Gasteiger partial charge in [-0.15, -0.1) is 0 Å². The molecule has 0 spiro atoms. The molecule has 0 aromatic heterocycles. The highest BCUT2D eigenvalue weighted by Crippen LogP contribution is 2.33. The van der Waals surface area contributed by atoms with Gasteiger partial charge in [0.15, 0.2) is 0 Å². The molecular weight excluding hydrogens is 104 g/mol. The van der Waals surface area contributed by atoms with Gasteiger partial charge in [-0.05, 0) is 25.0 Å². The van der Waals surface area contributed by atoms with Crippen LogP contribution in [-0.2, 0) is 0 Å². The molecule has 1 rings (SSSR count). The molecule has 0 N–H and O–H groups in total. The molecule has 0 atom stereocenters. The molecule has 0 heterocycles. The van der Waals surface area contributed by atoms with E-state index in [1.165, 1.54) is 25.0 Å². The lowest BCUT2D eigenvalue weighted by molar-refractivity contribution is 1.10. The molecule has 0 nitrogen and oxygen atoms in total. The van der Waals surface area contributed by atoms with Crippen molar-refractivity contribution in [1.29, 1.82) is 0 Å². The van der Waals surface area contributed by atoms with Gasteiger partial charge < -0.3 is 0 Å². The summed E-state index contributed by atoms with van der Waals surface area (Å²) in [7, 11) is 0. The molecule has 1 saturated carbocycles. The van der Waals surface area contributed by atoms with Gasteiger partial charge in [0.1, 0.15) is 0 Å². The summed E-state index contributed by atoms with van der Waals surface area (Å²) >= 11 is 2.14. The monoisotopic (exact) mass is 116 g/mol. The van der Waals surface area contributed by atoms with E-state index in [-0.39, 0.29) is 0 Å². The second kappa shape index (κ2) is 2.61. The summed E-state index contributed by atoms with van der Waals surface area (Å²) in [5.41, 5.74) is 0. The van der Waals surface area contributed by atoms with E-state index >= 15 is 0 Å². The zero-order valence-corrected chi connectivity index (χ0v) is 5.63. The predicted molar refractivity (Wildman–Crippen MR) is 35.8 cm³/mol. The zero-order valence-electron chi connectivity index (χ0n) is 4.81. The molecule has 0 bridgehead atoms. The molecule has 1 fully saturated rings. The Hall–Kier alpha value is 0.350. The summed E-state index contributed by atoms with van der Waals surface area (Å²) in [6.45, 7) is 2.25. The number of hydrogen-bond acceptors (Lipinski definition) is 1. The average molecular weight is 116 g/mol. The molecule has 0 radical (unpaired) electrons. The van der Waals surface area contributed by atoms with Crippen molar-refractivity contribution in [3.63, 3.8) is 0 Å². The quantitative estimate of drug-likeness (QED) is 0.545. The highest BCUT2D eigenvalue weighted by Gasteiger charge is 2.20. The predicted octanol–water partition coefficient (Wildman–Crippen LogP) is 2.29. The third-order valence-electron chi connectivity index (χ3n) is 1.08. The summed E-state index contributed by atoms with van der Waals surface area (Å²) in [5.74, 6) is 1.38. The topological polar surface area (TPSA) is 0 Å². The lowest BCUT2D eigenvalue weighted by Crippen LogP contribution is -1.75. The van der Waals surface area contributed by atoms with E-state index in [2.05, 4.69) is 18.7 Å². The van der Waals surface area contributed by atoms with Crippen LogP contribution in [0.2, 0.25) is 0 Å². The van der Waals surface area contributed by atoms with Gasteiger partial charge in [0.05, 0.1) is 0 Å². The standard InChI is InChI=1S/C6H12S/c1-2-5-7-6-3-4-6/h6H,2-5H2,1H3. The lowest BCUT2D eigenvalue weighted by Gasteiger charge is -1.89. The van der Waals surface area contributed by atoms with E-state index in [0.29, 0.717) is 0 Å². The minimum absolute atomic E-state index is 1.07. The normalized spacial score (nSPS) is 20.1. The fraction of sp³-hybridized carbons (Fsp3) is 1.00. The third-order valence-corrected chi connectivity index (χ3v) is 2.67. The maximum absolute atomic E-state index is 2.25. The van der Waals surface area contributed by atoms with Crippen molar-refractivity contribution in [3.05, 3.63) is 0 Å². The van der Waals surface area contributed by atoms with E-state index in [1.807, 2.05) is 0 Å². The van der Waals surface area contributed by atoms with Crippen LogP contribution < -0.4 is 0 Å². The van der Waals surface area contributed by atoms with E-state index in [0.717, 1.165) is 5.25 Å². The Labute approximate surface area is 49.7 Å². The van der Waals surface area contributed by atoms with E-state index < -0.39 is 0 Å². The highest BCUT2D eigenvalue weighted by atomic mass is 32.2. The molecule has 0 saturated heterocycles. The smallest absolute Gasteiger partial charge is 0.00478 e. The third kappa shape index (κ3) is 2.22. The van der Waals surface area contributed by atoms with Crippen molar-refractivity contribution in [2.75, 3.05) is 5.75 Å². The van der Waals surface area contributed by atoms with Crippen LogP contribution in [0.25, 0.3) is 0 Å². The minimum atomic E-state index is 1.07. The van der Waals surface area contributed by atoms with Crippen LogP contribution in [0.3, 0.4) is 0 Å². The summed E-state index contributed by atoms with van der Waals surface area (Å²) < 4.78 is 0. The van der Waals surface area contributed by atoms with Crippen LogP contribution in [-0.4, -0.2) is 11.0 Å². The molecule has 1 aliphatic carbocycles. The summed E-state index contributed by atoms with van der Waals surface area (Å²) in [5, 5.41) is 1.07. The van der Waals surface area contributed by atoms with Crippen LogP contribution >= 0.6 is 11.8 Å². The van der Waals surface area contributed by atoms with Crippen LogP contribution in [0.1, 0.15) is 26.2 Å².